The summed E-state index contributed by atoms with van der Waals surface area (Å²) in [5.41, 5.74) is 0.830. The molecule has 0 aromatic rings. The Morgan fingerprint density at radius 3 is 2.04 bits per heavy atom. The maximum absolute atomic E-state index is 11.6. The van der Waals surface area contributed by atoms with Crippen molar-refractivity contribution in [3.8, 4) is 0 Å². The molecule has 0 aromatic heterocycles. The van der Waals surface area contributed by atoms with Crippen molar-refractivity contribution in [3.05, 3.63) is 23.8 Å². The zero-order chi connectivity index (χ0) is 17.5. The van der Waals surface area contributed by atoms with E-state index in [0.29, 0.717) is 24.2 Å². The summed E-state index contributed by atoms with van der Waals surface area (Å²) in [4.78, 5) is 22.7. The summed E-state index contributed by atoms with van der Waals surface area (Å²) >= 11 is 0. The Balaban J connectivity index is 3.60. The van der Waals surface area contributed by atoms with E-state index in [0.717, 1.165) is 0 Å². The van der Waals surface area contributed by atoms with E-state index in [1.807, 2.05) is 0 Å². The van der Waals surface area contributed by atoms with E-state index in [-0.39, 0.29) is 39.6 Å². The maximum Gasteiger partial charge on any atom is 0.333 e. The van der Waals surface area contributed by atoms with Gasteiger partial charge in [-0.1, -0.05) is 12.7 Å². The molecule has 7 nitrogen and oxygen atoms in total. The van der Waals surface area contributed by atoms with Crippen LogP contribution in [-0.2, 0) is 28.5 Å². The minimum absolute atomic E-state index is 0.0167. The molecule has 0 radical (unpaired) electrons. The molecule has 0 saturated carbocycles. The van der Waals surface area contributed by atoms with Crippen LogP contribution in [0.4, 0.5) is 0 Å². The van der Waals surface area contributed by atoms with Crippen molar-refractivity contribution in [1.29, 1.82) is 0 Å². The fraction of sp³-hybridized carbons (Fsp3) is 0.625. The molecule has 0 aliphatic heterocycles. The third kappa shape index (κ3) is 12.5. The summed E-state index contributed by atoms with van der Waals surface area (Å²) in [6.45, 7) is 8.11. The van der Waals surface area contributed by atoms with Gasteiger partial charge in [0.2, 0.25) is 0 Å². The number of carbonyl (C=O) groups excluding carboxylic acids is 2. The summed E-state index contributed by atoms with van der Waals surface area (Å²) in [5.74, 6) is -0.867. The highest BCUT2D eigenvalue weighted by atomic mass is 16.6. The van der Waals surface area contributed by atoms with E-state index in [2.05, 4.69) is 6.58 Å². The first-order chi connectivity index (χ1) is 11.0. The number of hydrogen-bond acceptors (Lipinski definition) is 7. The lowest BCUT2D eigenvalue weighted by atomic mass is 10.2. The van der Waals surface area contributed by atoms with Gasteiger partial charge in [0.15, 0.2) is 0 Å². The normalized spacial score (nSPS) is 11.2. The predicted molar refractivity (Wildman–Crippen MR) is 83.8 cm³/mol. The van der Waals surface area contributed by atoms with Gasteiger partial charge in [-0.2, -0.15) is 0 Å². The van der Waals surface area contributed by atoms with Crippen molar-refractivity contribution in [2.45, 2.75) is 20.3 Å². The summed E-state index contributed by atoms with van der Waals surface area (Å²) in [5, 5.41) is 8.53. The molecule has 0 aliphatic carbocycles. The summed E-state index contributed by atoms with van der Waals surface area (Å²) < 4.78 is 20.1. The molecule has 0 bridgehead atoms. The van der Waals surface area contributed by atoms with Gasteiger partial charge in [-0.15, -0.1) is 0 Å². The Labute approximate surface area is 136 Å². The van der Waals surface area contributed by atoms with Gasteiger partial charge in [0, 0.05) is 11.1 Å². The molecule has 7 heteroatoms. The Kier molecular flexibility index (Phi) is 12.9. The zero-order valence-corrected chi connectivity index (χ0v) is 13.8. The van der Waals surface area contributed by atoms with Crippen molar-refractivity contribution in [2.24, 2.45) is 0 Å². The molecule has 0 saturated heterocycles. The first kappa shape index (κ1) is 21.3. The van der Waals surface area contributed by atoms with Gasteiger partial charge in [-0.3, -0.25) is 0 Å². The van der Waals surface area contributed by atoms with Crippen LogP contribution in [0.5, 0.6) is 0 Å². The maximum atomic E-state index is 11.6. The highest BCUT2D eigenvalue weighted by molar-refractivity contribution is 5.87. The molecule has 0 fully saturated rings. The smallest absolute Gasteiger partial charge is 0.333 e. The largest absolute Gasteiger partial charge is 0.460 e. The molecule has 0 atom stereocenters. The van der Waals surface area contributed by atoms with Crippen LogP contribution in [0.2, 0.25) is 0 Å². The van der Waals surface area contributed by atoms with E-state index < -0.39 is 11.9 Å². The molecular weight excluding hydrogens is 304 g/mol. The van der Waals surface area contributed by atoms with E-state index in [1.165, 1.54) is 0 Å². The highest BCUT2D eigenvalue weighted by Gasteiger charge is 2.05. The average Bonchev–Trinajstić information content (AvgIpc) is 2.52. The van der Waals surface area contributed by atoms with Crippen LogP contribution in [0.15, 0.2) is 23.8 Å². The topological polar surface area (TPSA) is 91.3 Å². The number of rotatable bonds is 13. The molecule has 0 aromatic carbocycles. The number of ether oxygens (including phenoxy) is 4. The Bertz CT molecular complexity index is 401. The Morgan fingerprint density at radius 2 is 1.48 bits per heavy atom. The monoisotopic (exact) mass is 330 g/mol. The predicted octanol–water partition coefficient (Wildman–Crippen LogP) is 1.01. The molecule has 0 rings (SSSR count). The van der Waals surface area contributed by atoms with Gasteiger partial charge in [-0.25, -0.2) is 9.59 Å². The first-order valence-corrected chi connectivity index (χ1v) is 7.42. The third-order valence-corrected chi connectivity index (χ3v) is 2.54. The fourth-order valence-electron chi connectivity index (χ4n) is 1.33. The van der Waals surface area contributed by atoms with Crippen LogP contribution < -0.4 is 0 Å². The first-order valence-electron chi connectivity index (χ1n) is 7.42. The van der Waals surface area contributed by atoms with Crippen LogP contribution >= 0.6 is 0 Å². The number of carbonyl (C=O) groups is 2. The number of aliphatic hydroxyl groups is 1. The van der Waals surface area contributed by atoms with Gasteiger partial charge in [0.25, 0.3) is 0 Å². The van der Waals surface area contributed by atoms with Crippen molar-refractivity contribution in [1.82, 2.24) is 0 Å². The average molecular weight is 330 g/mol. The zero-order valence-electron chi connectivity index (χ0n) is 13.8. The second kappa shape index (κ2) is 13.9. The van der Waals surface area contributed by atoms with Crippen LogP contribution in [0, 0.1) is 0 Å². The van der Waals surface area contributed by atoms with E-state index in [4.69, 9.17) is 24.1 Å². The van der Waals surface area contributed by atoms with Crippen LogP contribution in [0.3, 0.4) is 0 Å². The number of hydrogen-bond donors (Lipinski definition) is 1. The van der Waals surface area contributed by atoms with Crippen molar-refractivity contribution < 1.29 is 33.6 Å². The minimum atomic E-state index is -0.455. The molecule has 0 heterocycles. The number of aliphatic hydroxyl groups excluding tert-OH is 1. The Morgan fingerprint density at radius 1 is 0.913 bits per heavy atom. The van der Waals surface area contributed by atoms with E-state index >= 15 is 0 Å². The lowest BCUT2D eigenvalue weighted by Gasteiger charge is -2.07. The standard InChI is InChI=1S/C16H26O7/c1-13(2)15(18)22-11-9-21-10-12-23-16(19)14(3)5-4-7-20-8-6-17/h5,17H,1,4,6-12H2,2-3H3. The van der Waals surface area contributed by atoms with Crippen molar-refractivity contribution in [3.63, 3.8) is 0 Å². The fourth-order valence-corrected chi connectivity index (χ4v) is 1.33. The summed E-state index contributed by atoms with van der Waals surface area (Å²) in [6, 6.07) is 0. The molecular formula is C16H26O7. The van der Waals surface area contributed by atoms with Gasteiger partial charge in [0.05, 0.1) is 33.0 Å². The summed E-state index contributed by atoms with van der Waals surface area (Å²) in [7, 11) is 0. The summed E-state index contributed by atoms with van der Waals surface area (Å²) in [6.07, 6.45) is 2.29. The van der Waals surface area contributed by atoms with Crippen LogP contribution in [-0.4, -0.2) is 63.3 Å². The molecule has 0 spiro atoms. The molecule has 132 valence electrons. The third-order valence-electron chi connectivity index (χ3n) is 2.54. The second-order valence-electron chi connectivity index (χ2n) is 4.68. The number of esters is 2. The lowest BCUT2D eigenvalue weighted by molar-refractivity contribution is -0.142. The van der Waals surface area contributed by atoms with Gasteiger partial charge in [-0.05, 0) is 20.3 Å². The SMILES string of the molecule is C=C(C)C(=O)OCCOCCOC(=O)C(C)=CCCOCCO. The quantitative estimate of drug-likeness (QED) is 0.306. The molecule has 0 aliphatic rings. The van der Waals surface area contributed by atoms with Crippen molar-refractivity contribution in [2.75, 3.05) is 46.2 Å². The molecule has 0 amide bonds. The van der Waals surface area contributed by atoms with E-state index in [9.17, 15) is 9.59 Å². The lowest BCUT2D eigenvalue weighted by Crippen LogP contribution is -2.15. The minimum Gasteiger partial charge on any atom is -0.460 e. The van der Waals surface area contributed by atoms with Crippen LogP contribution in [0.25, 0.3) is 0 Å². The highest BCUT2D eigenvalue weighted by Crippen LogP contribution is 1.99. The molecule has 1 N–H and O–H groups in total. The van der Waals surface area contributed by atoms with Gasteiger partial charge < -0.3 is 24.1 Å². The van der Waals surface area contributed by atoms with Gasteiger partial charge in [0.1, 0.15) is 13.2 Å². The van der Waals surface area contributed by atoms with E-state index in [1.54, 1.807) is 19.9 Å². The Hall–Kier alpha value is -1.70. The second-order valence-corrected chi connectivity index (χ2v) is 4.68. The molecule has 23 heavy (non-hydrogen) atoms. The van der Waals surface area contributed by atoms with Crippen LogP contribution in [0.1, 0.15) is 20.3 Å². The van der Waals surface area contributed by atoms with Crippen molar-refractivity contribution >= 4 is 11.9 Å². The van der Waals surface area contributed by atoms with Gasteiger partial charge >= 0.3 is 11.9 Å². The molecule has 0 unspecified atom stereocenters.